The van der Waals surface area contributed by atoms with Crippen LogP contribution in [0.2, 0.25) is 0 Å². The van der Waals surface area contributed by atoms with E-state index in [0.717, 1.165) is 32.2 Å². The Morgan fingerprint density at radius 1 is 1.37 bits per heavy atom. The summed E-state index contributed by atoms with van der Waals surface area (Å²) < 4.78 is 30.7. The monoisotopic (exact) mass is 290 g/mol. The van der Waals surface area contributed by atoms with Gasteiger partial charge in [0.05, 0.1) is 19.3 Å². The standard InChI is InChI=1S/C12H22N2O4S/c1-18-12(15)6-9-19(16,17)14-8-3-5-11(14)10-4-2-7-13-10/h10-11,13H,2-9H2,1H3. The highest BCUT2D eigenvalue weighted by Crippen LogP contribution is 2.27. The first-order valence-electron chi connectivity index (χ1n) is 6.84. The van der Waals surface area contributed by atoms with Gasteiger partial charge in [-0.2, -0.15) is 4.31 Å². The smallest absolute Gasteiger partial charge is 0.306 e. The van der Waals surface area contributed by atoms with Gasteiger partial charge in [0, 0.05) is 18.6 Å². The Morgan fingerprint density at radius 2 is 2.16 bits per heavy atom. The normalized spacial score (nSPS) is 28.7. The molecule has 0 aromatic rings. The van der Waals surface area contributed by atoms with Crippen LogP contribution in [0.5, 0.6) is 0 Å². The highest BCUT2D eigenvalue weighted by Gasteiger charge is 2.39. The Kier molecular flexibility index (Phi) is 4.81. The molecule has 2 fully saturated rings. The zero-order valence-electron chi connectivity index (χ0n) is 11.3. The van der Waals surface area contributed by atoms with E-state index in [-0.39, 0.29) is 24.3 Å². The van der Waals surface area contributed by atoms with Crippen molar-refractivity contribution in [2.45, 2.75) is 44.2 Å². The zero-order chi connectivity index (χ0) is 13.9. The molecule has 0 spiro atoms. The number of hydrogen-bond acceptors (Lipinski definition) is 5. The molecule has 110 valence electrons. The van der Waals surface area contributed by atoms with Crippen LogP contribution < -0.4 is 5.32 Å². The van der Waals surface area contributed by atoms with Crippen molar-refractivity contribution in [3.63, 3.8) is 0 Å². The van der Waals surface area contributed by atoms with Crippen LogP contribution >= 0.6 is 0 Å². The van der Waals surface area contributed by atoms with Crippen LogP contribution in [0, 0.1) is 0 Å². The molecular weight excluding hydrogens is 268 g/mol. The van der Waals surface area contributed by atoms with Gasteiger partial charge in [-0.15, -0.1) is 0 Å². The summed E-state index contributed by atoms with van der Waals surface area (Å²) in [5, 5.41) is 3.38. The minimum atomic E-state index is -3.36. The lowest BCUT2D eigenvalue weighted by molar-refractivity contribution is -0.140. The molecule has 0 bridgehead atoms. The second-order valence-corrected chi connectivity index (χ2v) is 7.21. The van der Waals surface area contributed by atoms with Crippen LogP contribution in [-0.4, -0.2) is 56.7 Å². The maximum Gasteiger partial charge on any atom is 0.306 e. The first kappa shape index (κ1) is 14.7. The van der Waals surface area contributed by atoms with Crippen LogP contribution in [0.4, 0.5) is 0 Å². The number of ether oxygens (including phenoxy) is 1. The number of esters is 1. The summed E-state index contributed by atoms with van der Waals surface area (Å²) in [5.41, 5.74) is 0. The highest BCUT2D eigenvalue weighted by molar-refractivity contribution is 7.89. The summed E-state index contributed by atoms with van der Waals surface area (Å²) >= 11 is 0. The predicted octanol–water partition coefficient (Wildman–Crippen LogP) is 0.0957. The first-order valence-corrected chi connectivity index (χ1v) is 8.45. The summed E-state index contributed by atoms with van der Waals surface area (Å²) in [6, 6.07) is 0.334. The van der Waals surface area contributed by atoms with Crippen LogP contribution in [0.15, 0.2) is 0 Å². The van der Waals surface area contributed by atoms with E-state index < -0.39 is 16.0 Å². The predicted molar refractivity (Wildman–Crippen MR) is 71.2 cm³/mol. The molecule has 6 nitrogen and oxygen atoms in total. The van der Waals surface area contributed by atoms with Gasteiger partial charge in [-0.25, -0.2) is 8.42 Å². The van der Waals surface area contributed by atoms with Crippen LogP contribution in [0.1, 0.15) is 32.1 Å². The minimum absolute atomic E-state index is 0.0603. The Bertz CT molecular complexity index is 417. The summed E-state index contributed by atoms with van der Waals surface area (Å²) in [6.45, 7) is 1.55. The lowest BCUT2D eigenvalue weighted by Gasteiger charge is -2.28. The van der Waals surface area contributed by atoms with Crippen molar-refractivity contribution in [3.8, 4) is 0 Å². The molecule has 7 heteroatoms. The summed E-state index contributed by atoms with van der Waals surface area (Å²) in [4.78, 5) is 11.1. The molecule has 2 aliphatic rings. The summed E-state index contributed by atoms with van der Waals surface area (Å²) in [6.07, 6.45) is 3.89. The van der Waals surface area contributed by atoms with Crippen molar-refractivity contribution in [3.05, 3.63) is 0 Å². The average molecular weight is 290 g/mol. The first-order chi connectivity index (χ1) is 9.04. The third-order valence-corrected chi connectivity index (χ3v) is 5.85. The number of carbonyl (C=O) groups excluding carboxylic acids is 1. The number of carbonyl (C=O) groups is 1. The van der Waals surface area contributed by atoms with E-state index in [1.54, 1.807) is 4.31 Å². The van der Waals surface area contributed by atoms with E-state index >= 15 is 0 Å². The maximum atomic E-state index is 12.3. The van der Waals surface area contributed by atoms with Crippen molar-refractivity contribution in [2.24, 2.45) is 0 Å². The fourth-order valence-electron chi connectivity index (χ4n) is 2.98. The number of hydrogen-bond donors (Lipinski definition) is 1. The molecule has 19 heavy (non-hydrogen) atoms. The molecular formula is C12H22N2O4S. The zero-order valence-corrected chi connectivity index (χ0v) is 12.1. The molecule has 2 atom stereocenters. The number of methoxy groups -OCH3 is 1. The molecule has 2 saturated heterocycles. The van der Waals surface area contributed by atoms with E-state index in [1.807, 2.05) is 0 Å². The van der Waals surface area contributed by atoms with Crippen LogP contribution in [0.3, 0.4) is 0 Å². The fraction of sp³-hybridized carbons (Fsp3) is 0.917. The van der Waals surface area contributed by atoms with Gasteiger partial charge in [0.15, 0.2) is 0 Å². The topological polar surface area (TPSA) is 75.7 Å². The SMILES string of the molecule is COC(=O)CCS(=O)(=O)N1CCCC1C1CCCN1. The number of nitrogens with zero attached hydrogens (tertiary/aromatic N) is 1. The van der Waals surface area contributed by atoms with E-state index in [4.69, 9.17) is 0 Å². The van der Waals surface area contributed by atoms with E-state index in [1.165, 1.54) is 7.11 Å². The van der Waals surface area contributed by atoms with Crippen molar-refractivity contribution in [2.75, 3.05) is 26.0 Å². The Hall–Kier alpha value is -0.660. The van der Waals surface area contributed by atoms with E-state index in [0.29, 0.717) is 6.54 Å². The number of nitrogens with one attached hydrogen (secondary N) is 1. The summed E-state index contributed by atoms with van der Waals surface area (Å²) in [5.74, 6) is -0.624. The maximum absolute atomic E-state index is 12.3. The van der Waals surface area contributed by atoms with E-state index in [9.17, 15) is 13.2 Å². The van der Waals surface area contributed by atoms with Gasteiger partial charge >= 0.3 is 5.97 Å². The lowest BCUT2D eigenvalue weighted by Crippen LogP contribution is -2.47. The minimum Gasteiger partial charge on any atom is -0.469 e. The number of rotatable bonds is 5. The van der Waals surface area contributed by atoms with Crippen molar-refractivity contribution < 1.29 is 17.9 Å². The molecule has 0 aromatic heterocycles. The van der Waals surface area contributed by atoms with Crippen LogP contribution in [-0.2, 0) is 19.6 Å². The second-order valence-electron chi connectivity index (χ2n) is 5.17. The second kappa shape index (κ2) is 6.19. The molecule has 2 aliphatic heterocycles. The Labute approximate surface area is 114 Å². The lowest BCUT2D eigenvalue weighted by atomic mass is 10.1. The van der Waals surface area contributed by atoms with Gasteiger partial charge in [0.1, 0.15) is 0 Å². The molecule has 0 saturated carbocycles. The molecule has 2 unspecified atom stereocenters. The molecule has 0 aliphatic carbocycles. The number of sulfonamides is 1. The Balaban J connectivity index is 1.99. The highest BCUT2D eigenvalue weighted by atomic mass is 32.2. The van der Waals surface area contributed by atoms with Gasteiger partial charge in [-0.1, -0.05) is 0 Å². The molecule has 2 heterocycles. The third kappa shape index (κ3) is 3.46. The Morgan fingerprint density at radius 3 is 2.79 bits per heavy atom. The third-order valence-electron chi connectivity index (χ3n) is 3.96. The van der Waals surface area contributed by atoms with Gasteiger partial charge in [0.2, 0.25) is 10.0 Å². The van der Waals surface area contributed by atoms with Crippen LogP contribution in [0.25, 0.3) is 0 Å². The van der Waals surface area contributed by atoms with Gasteiger partial charge in [-0.05, 0) is 32.2 Å². The largest absolute Gasteiger partial charge is 0.469 e. The van der Waals surface area contributed by atoms with Gasteiger partial charge < -0.3 is 10.1 Å². The van der Waals surface area contributed by atoms with Crippen molar-refractivity contribution >= 4 is 16.0 Å². The molecule has 2 rings (SSSR count). The molecule has 0 amide bonds. The molecule has 0 radical (unpaired) electrons. The fourth-order valence-corrected chi connectivity index (χ4v) is 4.72. The molecule has 1 N–H and O–H groups in total. The van der Waals surface area contributed by atoms with E-state index in [2.05, 4.69) is 10.1 Å². The molecule has 0 aromatic carbocycles. The van der Waals surface area contributed by atoms with Crippen molar-refractivity contribution in [1.29, 1.82) is 0 Å². The quantitative estimate of drug-likeness (QED) is 0.727. The summed E-state index contributed by atoms with van der Waals surface area (Å²) in [7, 11) is -2.09. The average Bonchev–Trinajstić information content (AvgIpc) is 3.05. The van der Waals surface area contributed by atoms with Crippen molar-refractivity contribution in [1.82, 2.24) is 9.62 Å². The van der Waals surface area contributed by atoms with Gasteiger partial charge in [0.25, 0.3) is 0 Å². The van der Waals surface area contributed by atoms with Gasteiger partial charge in [-0.3, -0.25) is 4.79 Å².